The molecular formula is C30H43I3N6O12. The fraction of sp³-hybridized carbons (Fsp3) is 0.633. The largest absolute Gasteiger partial charge is 0.480 e. The first-order valence-electron chi connectivity index (χ1n) is 16.0. The van der Waals surface area contributed by atoms with Crippen molar-refractivity contribution in [3.8, 4) is 0 Å². The monoisotopic (exact) mass is 1060 g/mol. The summed E-state index contributed by atoms with van der Waals surface area (Å²) in [5, 5.41) is 53.2. The van der Waals surface area contributed by atoms with Crippen molar-refractivity contribution >= 4 is 109 Å². The van der Waals surface area contributed by atoms with Crippen LogP contribution in [0.1, 0.15) is 25.7 Å². The Morgan fingerprint density at radius 1 is 0.667 bits per heavy atom. The Morgan fingerprint density at radius 2 is 1.10 bits per heavy atom. The lowest BCUT2D eigenvalue weighted by atomic mass is 9.86. The van der Waals surface area contributed by atoms with E-state index in [1.165, 1.54) is 6.08 Å². The van der Waals surface area contributed by atoms with Crippen molar-refractivity contribution < 1.29 is 59.1 Å². The van der Waals surface area contributed by atoms with Gasteiger partial charge in [-0.3, -0.25) is 43.6 Å². The number of hydrogen-bond acceptors (Lipinski definition) is 11. The van der Waals surface area contributed by atoms with Gasteiger partial charge in [-0.05, 0) is 64.1 Å². The molecule has 286 valence electrons. The molecule has 2 rings (SSSR count). The standard InChI is InChI=1S/C30H43I3N6O12/c31-19-14-20(32)30(29(50)51,27(33)26(19)28(48)49)35-21(40)4-2-1-3-5-34-22(41)15-36-6-8-37(16-23(42)43)10-12-39(18-25(46)47)13-11-38(9-7-36)17-24(44)45/h14,27H,1-13,15-18H2,(H,34,41)(H,35,40)(H,42,43)(H,44,45)(H,46,47)(H,48,49)(H,50,51). The summed E-state index contributed by atoms with van der Waals surface area (Å²) in [6.07, 6.45) is 2.86. The summed E-state index contributed by atoms with van der Waals surface area (Å²) >= 11 is 5.37. The van der Waals surface area contributed by atoms with E-state index in [4.69, 9.17) is 0 Å². The van der Waals surface area contributed by atoms with Crippen molar-refractivity contribution in [1.29, 1.82) is 0 Å². The quantitative estimate of drug-likeness (QED) is 0.0575. The number of carboxylic acid groups (broad SMARTS) is 5. The minimum atomic E-state index is -1.92. The van der Waals surface area contributed by atoms with E-state index in [1.54, 1.807) is 59.9 Å². The second kappa shape index (κ2) is 22.1. The highest BCUT2D eigenvalue weighted by Gasteiger charge is 2.54. The summed E-state index contributed by atoms with van der Waals surface area (Å²) in [5.41, 5.74) is -2.03. The van der Waals surface area contributed by atoms with Gasteiger partial charge in [-0.25, -0.2) is 9.59 Å². The van der Waals surface area contributed by atoms with Crippen LogP contribution in [0.4, 0.5) is 0 Å². The molecule has 0 bridgehead atoms. The van der Waals surface area contributed by atoms with Gasteiger partial charge in [0.25, 0.3) is 0 Å². The first-order valence-corrected chi connectivity index (χ1v) is 19.4. The van der Waals surface area contributed by atoms with E-state index >= 15 is 0 Å². The summed E-state index contributed by atoms with van der Waals surface area (Å²) in [6, 6.07) is 0. The van der Waals surface area contributed by atoms with Crippen LogP contribution in [0.2, 0.25) is 0 Å². The normalized spacial score (nSPS) is 21.9. The van der Waals surface area contributed by atoms with Gasteiger partial charge in [0.05, 0.1) is 35.7 Å². The van der Waals surface area contributed by atoms with Crippen LogP contribution in [-0.2, 0) is 33.6 Å². The zero-order valence-electron chi connectivity index (χ0n) is 27.7. The molecule has 1 saturated heterocycles. The number of halogens is 3. The van der Waals surface area contributed by atoms with Gasteiger partial charge in [0.1, 0.15) is 0 Å². The van der Waals surface area contributed by atoms with Crippen LogP contribution in [0.5, 0.6) is 0 Å². The van der Waals surface area contributed by atoms with Crippen molar-refractivity contribution in [2.45, 2.75) is 35.1 Å². The fourth-order valence-electron chi connectivity index (χ4n) is 5.50. The number of carbonyl (C=O) groups is 7. The maximum Gasteiger partial charge on any atom is 0.336 e. The number of unbranched alkanes of at least 4 members (excludes halogenated alkanes) is 2. The van der Waals surface area contributed by atoms with E-state index in [-0.39, 0.29) is 86.9 Å². The van der Waals surface area contributed by atoms with Gasteiger partial charge in [0.2, 0.25) is 11.8 Å². The topological polar surface area (TPSA) is 258 Å². The second-order valence-electron chi connectivity index (χ2n) is 12.0. The van der Waals surface area contributed by atoms with Crippen LogP contribution >= 0.6 is 67.8 Å². The average Bonchev–Trinajstić information content (AvgIpc) is 3.01. The van der Waals surface area contributed by atoms with Gasteiger partial charge < -0.3 is 36.2 Å². The highest BCUT2D eigenvalue weighted by molar-refractivity contribution is 14.1. The molecule has 1 fully saturated rings. The molecule has 0 aromatic rings. The Kier molecular flexibility index (Phi) is 19.5. The lowest BCUT2D eigenvalue weighted by Crippen LogP contribution is -2.62. The van der Waals surface area contributed by atoms with Crippen LogP contribution in [0.25, 0.3) is 0 Å². The third-order valence-electron chi connectivity index (χ3n) is 8.20. The van der Waals surface area contributed by atoms with Crippen LogP contribution in [-0.4, -0.2) is 181 Å². The molecular weight excluding hydrogens is 1020 g/mol. The predicted octanol–water partition coefficient (Wildman–Crippen LogP) is -0.0122. The molecule has 0 saturated carbocycles. The number of rotatable bonds is 17. The molecule has 18 nitrogen and oxygen atoms in total. The van der Waals surface area contributed by atoms with Crippen LogP contribution < -0.4 is 10.6 Å². The maximum absolute atomic E-state index is 12.9. The highest BCUT2D eigenvalue weighted by atomic mass is 127. The molecule has 2 unspecified atom stereocenters. The van der Waals surface area contributed by atoms with E-state index in [2.05, 4.69) is 10.6 Å². The predicted molar refractivity (Wildman–Crippen MR) is 207 cm³/mol. The van der Waals surface area contributed by atoms with Gasteiger partial charge in [-0.2, -0.15) is 0 Å². The van der Waals surface area contributed by atoms with E-state index < -0.39 is 45.2 Å². The number of carbonyl (C=O) groups excluding carboxylic acids is 2. The lowest BCUT2D eigenvalue weighted by molar-refractivity contribution is -0.145. The summed E-state index contributed by atoms with van der Waals surface area (Å²) in [7, 11) is 0. The first kappa shape index (κ1) is 45.0. The van der Waals surface area contributed by atoms with Gasteiger partial charge in [-0.15, -0.1) is 0 Å². The third kappa shape index (κ3) is 15.0. The Hall–Kier alpha value is -2.20. The number of carboxylic acids is 5. The lowest BCUT2D eigenvalue weighted by Gasteiger charge is -2.38. The van der Waals surface area contributed by atoms with Crippen molar-refractivity contribution in [1.82, 2.24) is 30.2 Å². The Labute approximate surface area is 335 Å². The van der Waals surface area contributed by atoms with Gasteiger partial charge in [0, 0.05) is 72.5 Å². The molecule has 1 aliphatic carbocycles. The molecule has 0 spiro atoms. The molecule has 2 amide bonds. The zero-order valence-corrected chi connectivity index (χ0v) is 34.2. The summed E-state index contributed by atoms with van der Waals surface area (Å²) in [4.78, 5) is 91.0. The summed E-state index contributed by atoms with van der Waals surface area (Å²) < 4.78 is -0.396. The van der Waals surface area contributed by atoms with Crippen LogP contribution in [0.3, 0.4) is 0 Å². The fourth-order valence-corrected chi connectivity index (χ4v) is 10.5. The van der Waals surface area contributed by atoms with Crippen molar-refractivity contribution in [2.75, 3.05) is 85.1 Å². The summed E-state index contributed by atoms with van der Waals surface area (Å²) in [6.45, 7) is 1.71. The van der Waals surface area contributed by atoms with Crippen molar-refractivity contribution in [2.24, 2.45) is 0 Å². The second-order valence-corrected chi connectivity index (χ2v) is 15.6. The van der Waals surface area contributed by atoms with E-state index in [9.17, 15) is 59.1 Å². The van der Waals surface area contributed by atoms with E-state index in [0.717, 1.165) is 0 Å². The van der Waals surface area contributed by atoms with E-state index in [1.807, 2.05) is 27.5 Å². The Balaban J connectivity index is 1.92. The molecule has 21 heteroatoms. The van der Waals surface area contributed by atoms with E-state index in [0.29, 0.717) is 42.5 Å². The smallest absolute Gasteiger partial charge is 0.336 e. The first-order chi connectivity index (χ1) is 24.0. The van der Waals surface area contributed by atoms with Crippen LogP contribution in [0, 0.1) is 0 Å². The van der Waals surface area contributed by atoms with Gasteiger partial charge in [0.15, 0.2) is 5.54 Å². The number of allylic oxidation sites excluding steroid dienone is 2. The van der Waals surface area contributed by atoms with Crippen molar-refractivity contribution in [3.05, 3.63) is 18.8 Å². The number of hydrogen-bond donors (Lipinski definition) is 7. The number of aliphatic carboxylic acids is 5. The molecule has 1 heterocycles. The molecule has 0 aromatic carbocycles. The molecule has 0 radical (unpaired) electrons. The SMILES string of the molecule is O=C(O)CN1CCN(CC(=O)O)CCN(CC(=O)NCCCCCC(=O)NC2(C(=O)O)C(I)=CC(I)=C(C(=O)O)C2I)CCN(CC(=O)O)CC1. The van der Waals surface area contributed by atoms with Gasteiger partial charge >= 0.3 is 29.8 Å². The minimum Gasteiger partial charge on any atom is -0.480 e. The molecule has 2 atom stereocenters. The minimum absolute atomic E-state index is 0.0129. The molecule has 2 aliphatic rings. The summed E-state index contributed by atoms with van der Waals surface area (Å²) in [5.74, 6) is -6.62. The Bertz CT molecular complexity index is 1350. The number of nitrogens with zero attached hydrogens (tertiary/aromatic N) is 4. The molecule has 51 heavy (non-hydrogen) atoms. The molecule has 7 N–H and O–H groups in total. The molecule has 1 aliphatic heterocycles. The maximum atomic E-state index is 12.9. The highest BCUT2D eigenvalue weighted by Crippen LogP contribution is 2.43. The third-order valence-corrected chi connectivity index (χ3v) is 11.8. The molecule has 0 aromatic heterocycles. The Morgan fingerprint density at radius 3 is 1.49 bits per heavy atom. The van der Waals surface area contributed by atoms with Crippen molar-refractivity contribution in [3.63, 3.8) is 0 Å². The number of amides is 2. The van der Waals surface area contributed by atoms with Gasteiger partial charge in [-0.1, -0.05) is 29.0 Å². The zero-order chi connectivity index (χ0) is 38.3. The number of nitrogens with one attached hydrogen (secondary N) is 2. The van der Waals surface area contributed by atoms with Crippen LogP contribution in [0.15, 0.2) is 18.8 Å². The number of alkyl halides is 1. The average molecular weight is 1060 g/mol.